The Morgan fingerprint density at radius 2 is 2.25 bits per heavy atom. The second-order valence-electron chi connectivity index (χ2n) is 4.51. The topological polar surface area (TPSA) is 56.1 Å². The van der Waals surface area contributed by atoms with E-state index in [1.54, 1.807) is 31.1 Å². The lowest BCUT2D eigenvalue weighted by molar-refractivity contribution is -0.119. The molecule has 1 heterocycles. The van der Waals surface area contributed by atoms with E-state index in [0.717, 1.165) is 10.0 Å². The zero-order valence-corrected chi connectivity index (χ0v) is 13.1. The first-order chi connectivity index (χ1) is 9.51. The lowest BCUT2D eigenvalue weighted by Crippen LogP contribution is -2.24. The van der Waals surface area contributed by atoms with Crippen LogP contribution in [-0.4, -0.2) is 22.8 Å². The number of anilines is 1. The highest BCUT2D eigenvalue weighted by molar-refractivity contribution is 9.10. The van der Waals surface area contributed by atoms with Crippen molar-refractivity contribution in [3.8, 4) is 5.75 Å². The van der Waals surface area contributed by atoms with E-state index in [9.17, 15) is 4.79 Å². The molecular weight excluding hydrogens is 322 g/mol. The zero-order chi connectivity index (χ0) is 14.7. The van der Waals surface area contributed by atoms with E-state index in [4.69, 9.17) is 4.74 Å². The summed E-state index contributed by atoms with van der Waals surface area (Å²) in [5, 5.41) is 6.99. The van der Waals surface area contributed by atoms with Gasteiger partial charge in [0.1, 0.15) is 11.8 Å². The molecule has 0 fully saturated rings. The van der Waals surface area contributed by atoms with Crippen molar-refractivity contribution in [1.29, 1.82) is 0 Å². The van der Waals surface area contributed by atoms with Gasteiger partial charge in [0.15, 0.2) is 0 Å². The molecule has 0 spiro atoms. The van der Waals surface area contributed by atoms with Crippen molar-refractivity contribution >= 4 is 27.5 Å². The van der Waals surface area contributed by atoms with Crippen molar-refractivity contribution in [2.45, 2.75) is 19.9 Å². The molecule has 106 valence electrons. The Labute approximate surface area is 126 Å². The molecule has 1 aromatic heterocycles. The maximum absolute atomic E-state index is 12.3. The number of ether oxygens (including phenoxy) is 1. The van der Waals surface area contributed by atoms with Crippen molar-refractivity contribution in [2.24, 2.45) is 0 Å². The van der Waals surface area contributed by atoms with Crippen LogP contribution in [0, 0.1) is 6.92 Å². The summed E-state index contributed by atoms with van der Waals surface area (Å²) in [4.78, 5) is 12.3. The third kappa shape index (κ3) is 3.19. The number of rotatable bonds is 4. The maximum atomic E-state index is 12.3. The van der Waals surface area contributed by atoms with Crippen LogP contribution in [0.5, 0.6) is 5.75 Å². The van der Waals surface area contributed by atoms with Gasteiger partial charge in [0.25, 0.3) is 0 Å². The maximum Gasteiger partial charge on any atom is 0.249 e. The van der Waals surface area contributed by atoms with Crippen molar-refractivity contribution in [3.05, 3.63) is 40.6 Å². The van der Waals surface area contributed by atoms with Crippen LogP contribution >= 0.6 is 15.9 Å². The van der Waals surface area contributed by atoms with E-state index in [2.05, 4.69) is 26.3 Å². The van der Waals surface area contributed by atoms with Crippen LogP contribution < -0.4 is 10.1 Å². The number of hydrogen-bond donors (Lipinski definition) is 1. The SMILES string of the molecule is COc1ccc(C)cc1NC(=O)C(C)n1cc(Br)cn1. The zero-order valence-electron chi connectivity index (χ0n) is 11.6. The van der Waals surface area contributed by atoms with Gasteiger partial charge in [-0.3, -0.25) is 9.48 Å². The molecule has 0 saturated carbocycles. The smallest absolute Gasteiger partial charge is 0.249 e. The highest BCUT2D eigenvalue weighted by atomic mass is 79.9. The van der Waals surface area contributed by atoms with Crippen molar-refractivity contribution in [3.63, 3.8) is 0 Å². The lowest BCUT2D eigenvalue weighted by Gasteiger charge is -2.15. The van der Waals surface area contributed by atoms with Crippen LogP contribution in [0.3, 0.4) is 0 Å². The summed E-state index contributed by atoms with van der Waals surface area (Å²) in [7, 11) is 1.58. The van der Waals surface area contributed by atoms with Crippen LogP contribution in [0.1, 0.15) is 18.5 Å². The fourth-order valence-corrected chi connectivity index (χ4v) is 2.10. The van der Waals surface area contributed by atoms with Gasteiger partial charge in [0.2, 0.25) is 5.91 Å². The van der Waals surface area contributed by atoms with E-state index < -0.39 is 6.04 Å². The first-order valence-corrected chi connectivity index (χ1v) is 6.95. The molecule has 0 aliphatic heterocycles. The molecule has 1 amide bonds. The predicted molar refractivity (Wildman–Crippen MR) is 81.0 cm³/mol. The molecule has 0 aliphatic rings. The number of benzene rings is 1. The third-order valence-corrected chi connectivity index (χ3v) is 3.37. The Kier molecular flexibility index (Phi) is 4.44. The Hall–Kier alpha value is -1.82. The van der Waals surface area contributed by atoms with Crippen LogP contribution in [0.2, 0.25) is 0 Å². The van der Waals surface area contributed by atoms with Crippen molar-refractivity contribution in [1.82, 2.24) is 9.78 Å². The third-order valence-electron chi connectivity index (χ3n) is 2.96. The number of nitrogens with zero attached hydrogens (tertiary/aromatic N) is 2. The number of aromatic nitrogens is 2. The molecule has 2 rings (SSSR count). The van der Waals surface area contributed by atoms with Gasteiger partial charge in [-0.2, -0.15) is 5.10 Å². The summed E-state index contributed by atoms with van der Waals surface area (Å²) in [6.45, 7) is 3.75. The number of nitrogens with one attached hydrogen (secondary N) is 1. The van der Waals surface area contributed by atoms with Crippen LogP contribution in [0.25, 0.3) is 0 Å². The van der Waals surface area contributed by atoms with E-state index in [0.29, 0.717) is 11.4 Å². The molecule has 6 heteroatoms. The van der Waals surface area contributed by atoms with Gasteiger partial charge in [-0.1, -0.05) is 6.07 Å². The second kappa shape index (κ2) is 6.09. The Morgan fingerprint density at radius 1 is 1.50 bits per heavy atom. The van der Waals surface area contributed by atoms with Gasteiger partial charge in [-0.15, -0.1) is 0 Å². The number of halogens is 1. The summed E-state index contributed by atoms with van der Waals surface area (Å²) in [6.07, 6.45) is 3.41. The van der Waals surface area contributed by atoms with E-state index in [1.165, 1.54) is 0 Å². The average Bonchev–Trinajstić information content (AvgIpc) is 2.84. The molecule has 0 radical (unpaired) electrons. The molecule has 1 aromatic carbocycles. The summed E-state index contributed by atoms with van der Waals surface area (Å²) >= 11 is 3.31. The largest absolute Gasteiger partial charge is 0.495 e. The first kappa shape index (κ1) is 14.6. The van der Waals surface area contributed by atoms with Crippen LogP contribution in [-0.2, 0) is 4.79 Å². The summed E-state index contributed by atoms with van der Waals surface area (Å²) < 4.78 is 7.68. The highest BCUT2D eigenvalue weighted by Crippen LogP contribution is 2.26. The van der Waals surface area contributed by atoms with Gasteiger partial charge in [-0.05, 0) is 47.5 Å². The Bertz CT molecular complexity index is 625. The normalized spacial score (nSPS) is 12.0. The molecule has 1 unspecified atom stereocenters. The monoisotopic (exact) mass is 337 g/mol. The number of hydrogen-bond acceptors (Lipinski definition) is 3. The van der Waals surface area contributed by atoms with Crippen LogP contribution in [0.4, 0.5) is 5.69 Å². The lowest BCUT2D eigenvalue weighted by atomic mass is 10.2. The molecule has 5 nitrogen and oxygen atoms in total. The summed E-state index contributed by atoms with van der Waals surface area (Å²) in [5.74, 6) is 0.488. The second-order valence-corrected chi connectivity index (χ2v) is 5.42. The van der Waals surface area contributed by atoms with E-state index >= 15 is 0 Å². The number of methoxy groups -OCH3 is 1. The number of carbonyl (C=O) groups excluding carboxylic acids is 1. The highest BCUT2D eigenvalue weighted by Gasteiger charge is 2.17. The standard InChI is InChI=1S/C14H16BrN3O2/c1-9-4-5-13(20-3)12(6-9)17-14(19)10(2)18-8-11(15)7-16-18/h4-8,10H,1-3H3,(H,17,19). The van der Waals surface area contributed by atoms with Gasteiger partial charge in [-0.25, -0.2) is 0 Å². The molecular formula is C14H16BrN3O2. The quantitative estimate of drug-likeness (QED) is 0.932. The van der Waals surface area contributed by atoms with Crippen LogP contribution in [0.15, 0.2) is 35.1 Å². The molecule has 0 aliphatic carbocycles. The first-order valence-electron chi connectivity index (χ1n) is 6.16. The molecule has 1 atom stereocenters. The van der Waals surface area contributed by atoms with E-state index in [-0.39, 0.29) is 5.91 Å². The van der Waals surface area contributed by atoms with Gasteiger partial charge in [0, 0.05) is 6.20 Å². The molecule has 0 bridgehead atoms. The van der Waals surface area contributed by atoms with Gasteiger partial charge < -0.3 is 10.1 Å². The molecule has 20 heavy (non-hydrogen) atoms. The predicted octanol–water partition coefficient (Wildman–Crippen LogP) is 3.16. The fraction of sp³-hybridized carbons (Fsp3) is 0.286. The fourth-order valence-electron chi connectivity index (χ4n) is 1.80. The molecule has 1 N–H and O–H groups in total. The van der Waals surface area contributed by atoms with Crippen molar-refractivity contribution < 1.29 is 9.53 Å². The van der Waals surface area contributed by atoms with E-state index in [1.807, 2.05) is 25.1 Å². The van der Waals surface area contributed by atoms with Crippen molar-refractivity contribution in [2.75, 3.05) is 12.4 Å². The summed E-state index contributed by atoms with van der Waals surface area (Å²) in [6, 6.07) is 5.23. The summed E-state index contributed by atoms with van der Waals surface area (Å²) in [5.41, 5.74) is 1.71. The Balaban J connectivity index is 2.17. The molecule has 2 aromatic rings. The minimum Gasteiger partial charge on any atom is -0.495 e. The van der Waals surface area contributed by atoms with Gasteiger partial charge in [0.05, 0.1) is 23.5 Å². The Morgan fingerprint density at radius 3 is 2.85 bits per heavy atom. The molecule has 0 saturated heterocycles. The average molecular weight is 338 g/mol. The minimum atomic E-state index is -0.411. The minimum absolute atomic E-state index is 0.149. The number of amides is 1. The van der Waals surface area contributed by atoms with Gasteiger partial charge >= 0.3 is 0 Å². The number of aryl methyl sites for hydroxylation is 1. The number of carbonyl (C=O) groups is 1.